The van der Waals surface area contributed by atoms with Crippen LogP contribution < -0.4 is 0 Å². The van der Waals surface area contributed by atoms with Crippen LogP contribution in [0.15, 0.2) is 0 Å². The summed E-state index contributed by atoms with van der Waals surface area (Å²) in [7, 11) is 0. The van der Waals surface area contributed by atoms with E-state index < -0.39 is 0 Å². The largest absolute Gasteiger partial charge is 0.377 e. The molecule has 0 N–H and O–H groups in total. The molecule has 1 saturated heterocycles. The monoisotopic (exact) mass is 289 g/mol. The zero-order valence-electron chi connectivity index (χ0n) is 10.2. The molecule has 2 aliphatic rings. The van der Waals surface area contributed by atoms with Crippen LogP contribution >= 0.6 is 15.9 Å². The molecule has 0 aromatic carbocycles. The lowest BCUT2D eigenvalue weighted by atomic mass is 9.94. The highest BCUT2D eigenvalue weighted by molar-refractivity contribution is 9.09. The van der Waals surface area contributed by atoms with E-state index in [1.807, 2.05) is 0 Å². The Balaban J connectivity index is 1.82. The smallest absolute Gasteiger partial charge is 0.0702 e. The molecule has 0 aromatic heterocycles. The summed E-state index contributed by atoms with van der Waals surface area (Å²) in [6, 6.07) is 0.829. The number of halogens is 1. The number of hydrogen-bond acceptors (Lipinski definition) is 2. The molecule has 0 amide bonds. The Morgan fingerprint density at radius 3 is 2.50 bits per heavy atom. The van der Waals surface area contributed by atoms with Gasteiger partial charge in [0.15, 0.2) is 0 Å². The average molecular weight is 290 g/mol. The molecule has 94 valence electrons. The van der Waals surface area contributed by atoms with Gasteiger partial charge >= 0.3 is 0 Å². The molecule has 0 bridgehead atoms. The zero-order valence-corrected chi connectivity index (χ0v) is 11.8. The van der Waals surface area contributed by atoms with Gasteiger partial charge in [-0.3, -0.25) is 4.90 Å². The summed E-state index contributed by atoms with van der Waals surface area (Å²) in [4.78, 5) is 2.67. The first-order valence-electron chi connectivity index (χ1n) is 6.82. The van der Waals surface area contributed by atoms with Crippen LogP contribution in [0.3, 0.4) is 0 Å². The molecule has 0 radical (unpaired) electrons. The first-order valence-corrected chi connectivity index (χ1v) is 7.94. The second-order valence-corrected chi connectivity index (χ2v) is 5.90. The van der Waals surface area contributed by atoms with Gasteiger partial charge in [-0.2, -0.15) is 0 Å². The summed E-state index contributed by atoms with van der Waals surface area (Å²) in [5, 5.41) is 1.09. The van der Waals surface area contributed by atoms with Crippen LogP contribution in [0.2, 0.25) is 0 Å². The maximum atomic E-state index is 5.76. The number of alkyl halides is 1. The van der Waals surface area contributed by atoms with Gasteiger partial charge in [0.2, 0.25) is 0 Å². The highest BCUT2D eigenvalue weighted by Crippen LogP contribution is 2.24. The van der Waals surface area contributed by atoms with Crippen LogP contribution in [0, 0.1) is 0 Å². The molecular formula is C13H24BrNO. The van der Waals surface area contributed by atoms with E-state index >= 15 is 0 Å². The van der Waals surface area contributed by atoms with Gasteiger partial charge < -0.3 is 4.74 Å². The third-order valence-electron chi connectivity index (χ3n) is 3.92. The quantitative estimate of drug-likeness (QED) is 0.721. The van der Waals surface area contributed by atoms with Crippen molar-refractivity contribution in [3.63, 3.8) is 0 Å². The number of ether oxygens (including phenoxy) is 1. The van der Waals surface area contributed by atoms with E-state index in [2.05, 4.69) is 20.8 Å². The Morgan fingerprint density at radius 1 is 1.06 bits per heavy atom. The van der Waals surface area contributed by atoms with E-state index in [-0.39, 0.29) is 0 Å². The van der Waals surface area contributed by atoms with Crippen molar-refractivity contribution in [1.82, 2.24) is 4.90 Å². The van der Waals surface area contributed by atoms with Gasteiger partial charge in [-0.25, -0.2) is 0 Å². The Kier molecular flexibility index (Phi) is 5.60. The third-order valence-corrected chi connectivity index (χ3v) is 4.28. The molecule has 1 heterocycles. The fourth-order valence-electron chi connectivity index (χ4n) is 3.03. The minimum Gasteiger partial charge on any atom is -0.377 e. The molecule has 1 aliphatic carbocycles. The van der Waals surface area contributed by atoms with E-state index in [4.69, 9.17) is 4.74 Å². The van der Waals surface area contributed by atoms with E-state index in [0.717, 1.165) is 24.5 Å². The predicted molar refractivity (Wildman–Crippen MR) is 71.2 cm³/mol. The molecule has 2 fully saturated rings. The van der Waals surface area contributed by atoms with Crippen LogP contribution in [-0.2, 0) is 4.74 Å². The van der Waals surface area contributed by atoms with Crippen molar-refractivity contribution in [3.05, 3.63) is 0 Å². The summed E-state index contributed by atoms with van der Waals surface area (Å²) in [6.45, 7) is 3.33. The molecule has 1 aliphatic heterocycles. The third kappa shape index (κ3) is 3.71. The van der Waals surface area contributed by atoms with Gasteiger partial charge in [-0.15, -0.1) is 0 Å². The Morgan fingerprint density at radius 2 is 1.88 bits per heavy atom. The minimum absolute atomic E-state index is 0.515. The number of hydrogen-bond donors (Lipinski definition) is 0. The fourth-order valence-corrected chi connectivity index (χ4v) is 3.48. The molecule has 1 atom stereocenters. The predicted octanol–water partition coefficient (Wildman–Crippen LogP) is 3.20. The summed E-state index contributed by atoms with van der Waals surface area (Å²) >= 11 is 3.58. The van der Waals surface area contributed by atoms with E-state index in [1.54, 1.807) is 0 Å². The normalized spacial score (nSPS) is 27.8. The van der Waals surface area contributed by atoms with Crippen LogP contribution in [-0.4, -0.2) is 42.1 Å². The maximum Gasteiger partial charge on any atom is 0.0702 e. The topological polar surface area (TPSA) is 12.5 Å². The molecule has 2 nitrogen and oxygen atoms in total. The molecular weight excluding hydrogens is 266 g/mol. The highest BCUT2D eigenvalue weighted by Gasteiger charge is 2.25. The standard InChI is InChI=1S/C13H24BrNO/c14-8-9-15(11-13-7-4-10-16-13)12-5-2-1-3-6-12/h12-13H,1-11H2. The molecule has 16 heavy (non-hydrogen) atoms. The second kappa shape index (κ2) is 6.97. The van der Waals surface area contributed by atoms with Gasteiger partial charge in [0.1, 0.15) is 0 Å². The summed E-state index contributed by atoms with van der Waals surface area (Å²) in [5.41, 5.74) is 0. The zero-order chi connectivity index (χ0) is 11.2. The maximum absolute atomic E-state index is 5.76. The lowest BCUT2D eigenvalue weighted by Crippen LogP contribution is -2.42. The average Bonchev–Trinajstić information content (AvgIpc) is 2.83. The van der Waals surface area contributed by atoms with E-state index in [0.29, 0.717) is 6.10 Å². The lowest BCUT2D eigenvalue weighted by Gasteiger charge is -2.35. The van der Waals surface area contributed by atoms with Crippen LogP contribution in [0.25, 0.3) is 0 Å². The molecule has 2 rings (SSSR count). The van der Waals surface area contributed by atoms with Crippen LogP contribution in [0.4, 0.5) is 0 Å². The Labute approximate surface area is 108 Å². The molecule has 0 spiro atoms. The number of nitrogens with zero attached hydrogens (tertiary/aromatic N) is 1. The second-order valence-electron chi connectivity index (χ2n) is 5.11. The summed E-state index contributed by atoms with van der Waals surface area (Å²) < 4.78 is 5.76. The fraction of sp³-hybridized carbons (Fsp3) is 1.00. The van der Waals surface area contributed by atoms with E-state index in [9.17, 15) is 0 Å². The van der Waals surface area contributed by atoms with Gasteiger partial charge in [0.05, 0.1) is 6.10 Å². The summed E-state index contributed by atoms with van der Waals surface area (Å²) in [6.07, 6.45) is 10.1. The van der Waals surface area contributed by atoms with Crippen molar-refractivity contribution in [3.8, 4) is 0 Å². The van der Waals surface area contributed by atoms with Crippen molar-refractivity contribution in [2.24, 2.45) is 0 Å². The lowest BCUT2D eigenvalue weighted by molar-refractivity contribution is 0.0518. The number of rotatable bonds is 5. The van der Waals surface area contributed by atoms with Crippen molar-refractivity contribution in [1.29, 1.82) is 0 Å². The molecule has 1 saturated carbocycles. The summed E-state index contributed by atoms with van der Waals surface area (Å²) in [5.74, 6) is 0. The SMILES string of the molecule is BrCCN(CC1CCCO1)C1CCCCC1. The van der Waals surface area contributed by atoms with Crippen LogP contribution in [0.5, 0.6) is 0 Å². The van der Waals surface area contributed by atoms with Gasteiger partial charge in [0, 0.05) is 31.1 Å². The molecule has 0 aromatic rings. The van der Waals surface area contributed by atoms with Crippen molar-refractivity contribution >= 4 is 15.9 Å². The van der Waals surface area contributed by atoms with E-state index in [1.165, 1.54) is 51.5 Å². The van der Waals surface area contributed by atoms with Gasteiger partial charge in [-0.1, -0.05) is 35.2 Å². The molecule has 3 heteroatoms. The van der Waals surface area contributed by atoms with Crippen molar-refractivity contribution < 1.29 is 4.74 Å². The first kappa shape index (κ1) is 12.8. The van der Waals surface area contributed by atoms with Crippen molar-refractivity contribution in [2.75, 3.05) is 25.0 Å². The highest BCUT2D eigenvalue weighted by atomic mass is 79.9. The Hall–Kier alpha value is 0.400. The first-order chi connectivity index (χ1) is 7.90. The van der Waals surface area contributed by atoms with Crippen molar-refractivity contribution in [2.45, 2.75) is 57.1 Å². The minimum atomic E-state index is 0.515. The van der Waals surface area contributed by atoms with Gasteiger partial charge in [-0.05, 0) is 25.7 Å². The molecule has 1 unspecified atom stereocenters. The Bertz CT molecular complexity index is 188. The van der Waals surface area contributed by atoms with Crippen LogP contribution in [0.1, 0.15) is 44.9 Å². The van der Waals surface area contributed by atoms with Gasteiger partial charge in [0.25, 0.3) is 0 Å².